The van der Waals surface area contributed by atoms with Gasteiger partial charge in [-0.05, 0) is 37.8 Å². The van der Waals surface area contributed by atoms with Crippen LogP contribution in [0.5, 0.6) is 0 Å². The van der Waals surface area contributed by atoms with Gasteiger partial charge in [0.2, 0.25) is 0 Å². The molecule has 1 aliphatic rings. The van der Waals surface area contributed by atoms with E-state index in [2.05, 4.69) is 0 Å². The Morgan fingerprint density at radius 1 is 1.25 bits per heavy atom. The number of rotatable bonds is 3. The molecule has 0 aromatic heterocycles. The lowest BCUT2D eigenvalue weighted by molar-refractivity contribution is 0.0311. The highest BCUT2D eigenvalue weighted by molar-refractivity contribution is 8.13. The third-order valence-electron chi connectivity index (χ3n) is 3.06. The van der Waals surface area contributed by atoms with Gasteiger partial charge in [-0.1, -0.05) is 0 Å². The first-order valence-corrected chi connectivity index (χ1v) is 8.24. The van der Waals surface area contributed by atoms with Crippen molar-refractivity contribution in [1.29, 1.82) is 0 Å². The average molecular weight is 325 g/mol. The van der Waals surface area contributed by atoms with Crippen molar-refractivity contribution in [3.63, 3.8) is 0 Å². The molecule has 0 atom stereocenters. The van der Waals surface area contributed by atoms with Crippen molar-refractivity contribution in [2.45, 2.75) is 36.7 Å². The van der Waals surface area contributed by atoms with Crippen LogP contribution in [-0.2, 0) is 13.8 Å². The molecule has 20 heavy (non-hydrogen) atoms. The quantitative estimate of drug-likeness (QED) is 0.633. The summed E-state index contributed by atoms with van der Waals surface area (Å²) in [4.78, 5) is 10.7. The molecule has 0 heterocycles. The highest BCUT2D eigenvalue weighted by Gasteiger charge is 2.27. The molecule has 0 bridgehead atoms. The zero-order valence-electron chi connectivity index (χ0n) is 10.2. The molecular formula is C12H11ClF2O4S. The van der Waals surface area contributed by atoms with E-state index in [1.165, 1.54) is 0 Å². The number of hydrogen-bond acceptors (Lipinski definition) is 4. The van der Waals surface area contributed by atoms with Crippen LogP contribution in [0.15, 0.2) is 17.0 Å². The van der Waals surface area contributed by atoms with Gasteiger partial charge in [-0.25, -0.2) is 22.0 Å². The molecule has 0 N–H and O–H groups in total. The maximum Gasteiger partial charge on any atom is 0.341 e. The standard InChI is InChI=1S/C12H11ClF2O4S/c13-20(17,18)10-6-7(14)5-9(11(10)15)12(16)19-8-3-1-2-4-8/h5-6,8H,1-4H2. The van der Waals surface area contributed by atoms with Gasteiger partial charge in [-0.2, -0.15) is 0 Å². The van der Waals surface area contributed by atoms with E-state index in [9.17, 15) is 22.0 Å². The van der Waals surface area contributed by atoms with Gasteiger partial charge in [0, 0.05) is 10.7 Å². The van der Waals surface area contributed by atoms with E-state index in [4.69, 9.17) is 15.4 Å². The minimum absolute atomic E-state index is 0.346. The third-order valence-corrected chi connectivity index (χ3v) is 4.38. The maximum atomic E-state index is 13.9. The fourth-order valence-corrected chi connectivity index (χ4v) is 3.03. The zero-order valence-corrected chi connectivity index (χ0v) is 11.8. The Bertz CT molecular complexity index is 639. The van der Waals surface area contributed by atoms with Crippen LogP contribution in [0, 0.1) is 11.6 Å². The maximum absolute atomic E-state index is 13.9. The number of ether oxygens (including phenoxy) is 1. The summed E-state index contributed by atoms with van der Waals surface area (Å²) in [6, 6.07) is 1.02. The van der Waals surface area contributed by atoms with E-state index in [1.807, 2.05) is 0 Å². The van der Waals surface area contributed by atoms with E-state index in [0.29, 0.717) is 25.0 Å². The molecule has 0 amide bonds. The van der Waals surface area contributed by atoms with Crippen molar-refractivity contribution in [2.75, 3.05) is 0 Å². The largest absolute Gasteiger partial charge is 0.459 e. The average Bonchev–Trinajstić information content (AvgIpc) is 2.83. The van der Waals surface area contributed by atoms with Crippen LogP contribution in [0.1, 0.15) is 36.0 Å². The van der Waals surface area contributed by atoms with Crippen molar-refractivity contribution < 1.29 is 26.7 Å². The molecule has 1 aromatic rings. The molecule has 0 saturated heterocycles. The van der Waals surface area contributed by atoms with Gasteiger partial charge < -0.3 is 4.74 Å². The van der Waals surface area contributed by atoms with E-state index < -0.39 is 37.1 Å². The number of carbonyl (C=O) groups is 1. The van der Waals surface area contributed by atoms with Crippen molar-refractivity contribution in [2.24, 2.45) is 0 Å². The highest BCUT2D eigenvalue weighted by atomic mass is 35.7. The lowest BCUT2D eigenvalue weighted by atomic mass is 10.2. The van der Waals surface area contributed by atoms with Crippen LogP contribution in [0.3, 0.4) is 0 Å². The van der Waals surface area contributed by atoms with E-state index in [0.717, 1.165) is 12.8 Å². The molecule has 0 spiro atoms. The predicted octanol–water partition coefficient (Wildman–Crippen LogP) is 2.99. The molecule has 0 aliphatic heterocycles. The Morgan fingerprint density at radius 2 is 1.85 bits per heavy atom. The van der Waals surface area contributed by atoms with Crippen LogP contribution in [-0.4, -0.2) is 20.5 Å². The van der Waals surface area contributed by atoms with E-state index in [1.54, 1.807) is 0 Å². The fraction of sp³-hybridized carbons (Fsp3) is 0.417. The van der Waals surface area contributed by atoms with Crippen LogP contribution >= 0.6 is 10.7 Å². The highest BCUT2D eigenvalue weighted by Crippen LogP contribution is 2.26. The van der Waals surface area contributed by atoms with Crippen molar-refractivity contribution in [1.82, 2.24) is 0 Å². The molecule has 0 radical (unpaired) electrons. The Labute approximate surface area is 119 Å². The van der Waals surface area contributed by atoms with Gasteiger partial charge in [-0.3, -0.25) is 0 Å². The fourth-order valence-electron chi connectivity index (χ4n) is 2.11. The monoisotopic (exact) mass is 324 g/mol. The summed E-state index contributed by atoms with van der Waals surface area (Å²) in [5.41, 5.74) is -0.767. The lowest BCUT2D eigenvalue weighted by Gasteiger charge is -2.12. The molecule has 110 valence electrons. The zero-order chi connectivity index (χ0) is 14.9. The van der Waals surface area contributed by atoms with Gasteiger partial charge in [0.25, 0.3) is 9.05 Å². The molecule has 1 aliphatic carbocycles. The molecule has 2 rings (SSSR count). The van der Waals surface area contributed by atoms with Crippen LogP contribution in [0.4, 0.5) is 8.78 Å². The summed E-state index contributed by atoms with van der Waals surface area (Å²) in [7, 11) is 0.506. The second-order valence-corrected chi connectivity index (χ2v) is 7.05. The van der Waals surface area contributed by atoms with Crippen molar-refractivity contribution in [3.05, 3.63) is 29.3 Å². The van der Waals surface area contributed by atoms with Crippen LogP contribution < -0.4 is 0 Å². The molecule has 8 heteroatoms. The number of halogens is 3. The molecule has 4 nitrogen and oxygen atoms in total. The summed E-state index contributed by atoms with van der Waals surface area (Å²) in [6.45, 7) is 0. The third kappa shape index (κ3) is 3.27. The van der Waals surface area contributed by atoms with Gasteiger partial charge in [0.1, 0.15) is 16.8 Å². The second kappa shape index (κ2) is 5.65. The summed E-state index contributed by atoms with van der Waals surface area (Å²) in [6.07, 6.45) is 2.75. The molecular weight excluding hydrogens is 314 g/mol. The van der Waals surface area contributed by atoms with Gasteiger partial charge in [0.15, 0.2) is 5.82 Å². The van der Waals surface area contributed by atoms with Gasteiger partial charge in [-0.15, -0.1) is 0 Å². The molecule has 1 fully saturated rings. The second-order valence-electron chi connectivity index (χ2n) is 4.52. The first-order chi connectivity index (χ1) is 9.29. The topological polar surface area (TPSA) is 60.4 Å². The lowest BCUT2D eigenvalue weighted by Crippen LogP contribution is -2.17. The van der Waals surface area contributed by atoms with Gasteiger partial charge >= 0.3 is 5.97 Å². The first kappa shape index (κ1) is 15.2. The minimum Gasteiger partial charge on any atom is -0.459 e. The molecule has 1 aromatic carbocycles. The number of carbonyl (C=O) groups excluding carboxylic acids is 1. The van der Waals surface area contributed by atoms with Gasteiger partial charge in [0.05, 0.1) is 5.56 Å². The Morgan fingerprint density at radius 3 is 2.40 bits per heavy atom. The van der Waals surface area contributed by atoms with Crippen molar-refractivity contribution in [3.8, 4) is 0 Å². The van der Waals surface area contributed by atoms with E-state index in [-0.39, 0.29) is 6.10 Å². The molecule has 0 unspecified atom stereocenters. The predicted molar refractivity (Wildman–Crippen MR) is 67.1 cm³/mol. The normalized spacial score (nSPS) is 16.4. The Hall–Kier alpha value is -1.21. The summed E-state index contributed by atoms with van der Waals surface area (Å²) in [5, 5.41) is 0. The smallest absolute Gasteiger partial charge is 0.341 e. The number of benzene rings is 1. The SMILES string of the molecule is O=C(OC1CCCC1)c1cc(F)cc(S(=O)(=O)Cl)c1F. The number of esters is 1. The van der Waals surface area contributed by atoms with Crippen LogP contribution in [0.25, 0.3) is 0 Å². The first-order valence-electron chi connectivity index (χ1n) is 5.93. The summed E-state index contributed by atoms with van der Waals surface area (Å²) in [5.74, 6) is -3.57. The summed E-state index contributed by atoms with van der Waals surface area (Å²) >= 11 is 0. The minimum atomic E-state index is -4.49. The van der Waals surface area contributed by atoms with Crippen LogP contribution in [0.2, 0.25) is 0 Å². The Kier molecular flexibility index (Phi) is 4.29. The Balaban J connectivity index is 2.36. The summed E-state index contributed by atoms with van der Waals surface area (Å²) < 4.78 is 54.5. The van der Waals surface area contributed by atoms with E-state index >= 15 is 0 Å². The van der Waals surface area contributed by atoms with Crippen molar-refractivity contribution >= 4 is 25.7 Å². The molecule has 1 saturated carbocycles. The number of hydrogen-bond donors (Lipinski definition) is 0.